The third-order valence-corrected chi connectivity index (χ3v) is 4.43. The largest absolute Gasteiger partial charge is 0.481 e. The van der Waals surface area contributed by atoms with E-state index in [0.29, 0.717) is 19.6 Å². The molecule has 1 aliphatic heterocycles. The van der Waals surface area contributed by atoms with Gasteiger partial charge in [-0.15, -0.1) is 11.8 Å². The molecule has 0 bridgehead atoms. The van der Waals surface area contributed by atoms with Gasteiger partial charge in [0.1, 0.15) is 0 Å². The first-order valence-corrected chi connectivity index (χ1v) is 8.20. The molecular formula is C15H20N2O3S. The molecule has 1 saturated heterocycles. The summed E-state index contributed by atoms with van der Waals surface area (Å²) in [5.74, 6) is -0.708. The first-order valence-electron chi connectivity index (χ1n) is 6.98. The van der Waals surface area contributed by atoms with E-state index in [1.807, 2.05) is 35.4 Å². The van der Waals surface area contributed by atoms with E-state index in [1.165, 1.54) is 0 Å². The quantitative estimate of drug-likeness (QED) is 0.838. The van der Waals surface area contributed by atoms with Crippen LogP contribution in [-0.4, -0.2) is 65.8 Å². The van der Waals surface area contributed by atoms with Crippen molar-refractivity contribution in [3.8, 4) is 0 Å². The molecule has 1 heterocycles. The molecule has 1 aliphatic rings. The molecule has 0 unspecified atom stereocenters. The Kier molecular flexibility index (Phi) is 5.64. The molecule has 5 nitrogen and oxygen atoms in total. The lowest BCUT2D eigenvalue weighted by atomic mass is 10.1. The van der Waals surface area contributed by atoms with Crippen molar-refractivity contribution in [1.29, 1.82) is 0 Å². The van der Waals surface area contributed by atoms with E-state index < -0.39 is 5.97 Å². The van der Waals surface area contributed by atoms with Crippen LogP contribution < -0.4 is 0 Å². The van der Waals surface area contributed by atoms with Crippen molar-refractivity contribution in [3.63, 3.8) is 0 Å². The van der Waals surface area contributed by atoms with Crippen LogP contribution in [0, 0.1) is 0 Å². The van der Waals surface area contributed by atoms with E-state index in [0.717, 1.165) is 23.5 Å². The number of benzene rings is 1. The standard InChI is InChI=1S/C15H20N2O3S/c1-21-13-5-3-2-4-12(13)15(20)17-10-8-16(9-11-17)7-6-14(18)19/h2-5H,6-11H2,1H3,(H,18,19). The monoisotopic (exact) mass is 308 g/mol. The molecule has 21 heavy (non-hydrogen) atoms. The predicted molar refractivity (Wildman–Crippen MR) is 82.8 cm³/mol. The zero-order valence-corrected chi connectivity index (χ0v) is 12.9. The average molecular weight is 308 g/mol. The predicted octanol–water partition coefficient (Wildman–Crippen LogP) is 1.64. The second-order valence-corrected chi connectivity index (χ2v) is 5.83. The normalized spacial score (nSPS) is 16.0. The molecule has 2 rings (SSSR count). The highest BCUT2D eigenvalue weighted by Crippen LogP contribution is 2.21. The lowest BCUT2D eigenvalue weighted by Crippen LogP contribution is -2.49. The van der Waals surface area contributed by atoms with E-state index in [2.05, 4.69) is 4.90 Å². The Morgan fingerprint density at radius 3 is 2.48 bits per heavy atom. The summed E-state index contributed by atoms with van der Waals surface area (Å²) >= 11 is 1.58. The first-order chi connectivity index (χ1) is 10.1. The van der Waals surface area contributed by atoms with Gasteiger partial charge in [-0.2, -0.15) is 0 Å². The van der Waals surface area contributed by atoms with E-state index in [-0.39, 0.29) is 12.3 Å². The van der Waals surface area contributed by atoms with Gasteiger partial charge >= 0.3 is 5.97 Å². The van der Waals surface area contributed by atoms with Crippen molar-refractivity contribution in [2.24, 2.45) is 0 Å². The van der Waals surface area contributed by atoms with Crippen LogP contribution in [0.5, 0.6) is 0 Å². The summed E-state index contributed by atoms with van der Waals surface area (Å²) in [7, 11) is 0. The van der Waals surface area contributed by atoms with Gasteiger partial charge in [0.15, 0.2) is 0 Å². The van der Waals surface area contributed by atoms with Crippen molar-refractivity contribution < 1.29 is 14.7 Å². The number of aliphatic carboxylic acids is 1. The minimum absolute atomic E-state index is 0.0674. The third-order valence-electron chi connectivity index (χ3n) is 3.64. The zero-order valence-electron chi connectivity index (χ0n) is 12.1. The van der Waals surface area contributed by atoms with Crippen LogP contribution in [0.3, 0.4) is 0 Å². The number of amides is 1. The van der Waals surface area contributed by atoms with Gasteiger partial charge in [0.2, 0.25) is 0 Å². The molecular weight excluding hydrogens is 288 g/mol. The van der Waals surface area contributed by atoms with Crippen molar-refractivity contribution in [2.45, 2.75) is 11.3 Å². The molecule has 0 aliphatic carbocycles. The smallest absolute Gasteiger partial charge is 0.304 e. The molecule has 1 amide bonds. The Morgan fingerprint density at radius 1 is 1.19 bits per heavy atom. The number of hydrogen-bond acceptors (Lipinski definition) is 4. The van der Waals surface area contributed by atoms with Crippen molar-refractivity contribution >= 4 is 23.6 Å². The highest BCUT2D eigenvalue weighted by Gasteiger charge is 2.23. The molecule has 1 aromatic carbocycles. The van der Waals surface area contributed by atoms with Crippen LogP contribution in [0.15, 0.2) is 29.2 Å². The highest BCUT2D eigenvalue weighted by atomic mass is 32.2. The molecule has 0 spiro atoms. The molecule has 1 aromatic rings. The third kappa shape index (κ3) is 4.22. The fourth-order valence-corrected chi connectivity index (χ4v) is 3.01. The van der Waals surface area contributed by atoms with Crippen LogP contribution in [0.2, 0.25) is 0 Å². The van der Waals surface area contributed by atoms with Crippen molar-refractivity contribution in [3.05, 3.63) is 29.8 Å². The van der Waals surface area contributed by atoms with E-state index in [1.54, 1.807) is 11.8 Å². The number of hydrogen-bond donors (Lipinski definition) is 1. The Labute approximate surface area is 128 Å². The van der Waals surface area contributed by atoms with Gasteiger partial charge in [-0.3, -0.25) is 14.5 Å². The van der Waals surface area contributed by atoms with Crippen LogP contribution in [0.4, 0.5) is 0 Å². The van der Waals surface area contributed by atoms with Crippen LogP contribution in [0.1, 0.15) is 16.8 Å². The Balaban J connectivity index is 1.92. The van der Waals surface area contributed by atoms with E-state index in [4.69, 9.17) is 5.11 Å². The number of nitrogens with zero attached hydrogens (tertiary/aromatic N) is 2. The second-order valence-electron chi connectivity index (χ2n) is 4.98. The lowest BCUT2D eigenvalue weighted by Gasteiger charge is -2.34. The molecule has 0 aromatic heterocycles. The lowest BCUT2D eigenvalue weighted by molar-refractivity contribution is -0.137. The van der Waals surface area contributed by atoms with Gasteiger partial charge in [-0.25, -0.2) is 0 Å². The fraction of sp³-hybridized carbons (Fsp3) is 0.467. The maximum absolute atomic E-state index is 12.6. The van der Waals surface area contributed by atoms with Gasteiger partial charge in [0.05, 0.1) is 12.0 Å². The topological polar surface area (TPSA) is 60.9 Å². The van der Waals surface area contributed by atoms with Crippen LogP contribution in [0.25, 0.3) is 0 Å². The second kappa shape index (κ2) is 7.47. The molecule has 0 radical (unpaired) electrons. The van der Waals surface area contributed by atoms with Crippen LogP contribution in [-0.2, 0) is 4.79 Å². The van der Waals surface area contributed by atoms with Gasteiger partial charge in [0, 0.05) is 37.6 Å². The maximum atomic E-state index is 12.6. The Bertz CT molecular complexity index is 513. The van der Waals surface area contributed by atoms with Crippen LogP contribution >= 0.6 is 11.8 Å². The maximum Gasteiger partial charge on any atom is 0.304 e. The Morgan fingerprint density at radius 2 is 1.86 bits per heavy atom. The summed E-state index contributed by atoms with van der Waals surface area (Å²) in [5.41, 5.74) is 0.754. The number of carboxylic acid groups (broad SMARTS) is 1. The Hall–Kier alpha value is -1.53. The van der Waals surface area contributed by atoms with Gasteiger partial charge in [-0.1, -0.05) is 12.1 Å². The minimum Gasteiger partial charge on any atom is -0.481 e. The van der Waals surface area contributed by atoms with Gasteiger partial charge in [-0.05, 0) is 18.4 Å². The molecule has 0 saturated carbocycles. The summed E-state index contributed by atoms with van der Waals surface area (Å²) in [4.78, 5) is 28.1. The molecule has 114 valence electrons. The number of rotatable bonds is 5. The SMILES string of the molecule is CSc1ccccc1C(=O)N1CCN(CCC(=O)O)CC1. The summed E-state index contributed by atoms with van der Waals surface area (Å²) in [5, 5.41) is 8.70. The summed E-state index contributed by atoms with van der Waals surface area (Å²) < 4.78 is 0. The zero-order chi connectivity index (χ0) is 15.2. The number of carboxylic acids is 1. The molecule has 0 atom stereocenters. The summed E-state index contributed by atoms with van der Waals surface area (Å²) in [6.45, 7) is 3.34. The average Bonchev–Trinajstić information content (AvgIpc) is 2.52. The van der Waals surface area contributed by atoms with Crippen molar-refractivity contribution in [2.75, 3.05) is 39.0 Å². The number of carbonyl (C=O) groups excluding carboxylic acids is 1. The fourth-order valence-electron chi connectivity index (χ4n) is 2.42. The minimum atomic E-state index is -0.776. The van der Waals surface area contributed by atoms with E-state index >= 15 is 0 Å². The molecule has 6 heteroatoms. The molecule has 1 fully saturated rings. The summed E-state index contributed by atoms with van der Waals surface area (Å²) in [6, 6.07) is 7.65. The van der Waals surface area contributed by atoms with Crippen molar-refractivity contribution in [1.82, 2.24) is 9.80 Å². The number of thioether (sulfide) groups is 1. The summed E-state index contributed by atoms with van der Waals surface area (Å²) in [6.07, 6.45) is 2.12. The molecule has 1 N–H and O–H groups in total. The number of piperazine rings is 1. The van der Waals surface area contributed by atoms with E-state index in [9.17, 15) is 9.59 Å². The first kappa shape index (κ1) is 15.9. The van der Waals surface area contributed by atoms with Gasteiger partial charge in [0.25, 0.3) is 5.91 Å². The van der Waals surface area contributed by atoms with Gasteiger partial charge < -0.3 is 10.0 Å². The number of carbonyl (C=O) groups is 2. The highest BCUT2D eigenvalue weighted by molar-refractivity contribution is 7.98.